The van der Waals surface area contributed by atoms with E-state index in [0.717, 1.165) is 11.8 Å². The van der Waals surface area contributed by atoms with E-state index in [1.807, 2.05) is 6.07 Å². The minimum absolute atomic E-state index is 0.0186. The Morgan fingerprint density at radius 1 is 1.17 bits per heavy atom. The molecule has 35 heavy (non-hydrogen) atoms. The molecule has 2 saturated carbocycles. The number of nitriles is 2. The molecule has 15 heteroatoms. The molecular weight excluding hydrogens is 540 g/mol. The van der Waals surface area contributed by atoms with Crippen LogP contribution in [0.5, 0.6) is 0 Å². The Bertz CT molecular complexity index is 1330. The minimum atomic E-state index is -10.1. The molecule has 7 nitrogen and oxygen atoms in total. The number of hydrogen-bond acceptors (Lipinski definition) is 6. The molecule has 1 N–H and O–H groups in total. The number of anilines is 1. The molecule has 0 radical (unpaired) electrons. The molecule has 0 aliphatic heterocycles. The molecule has 1 aromatic carbocycles. The maximum Gasteiger partial charge on any atom is 0.316 e. The second kappa shape index (κ2) is 7.15. The second-order valence-electron chi connectivity index (χ2n) is 8.62. The van der Waals surface area contributed by atoms with Crippen LogP contribution < -0.4 is 5.32 Å². The maximum absolute atomic E-state index is 13.4. The SMILES string of the molecule is COC(=O)C1(c2c(C#N)nn(-c3c(Cl)cc(S(F)(F)(F)(F)F)cc3Cl)c2NCC2(C#N)CC2)CC1. The number of hydrogen-bond donors (Lipinski definition) is 1. The third-order valence-corrected chi connectivity index (χ3v) is 7.83. The van der Waals surface area contributed by atoms with Gasteiger partial charge in [-0.3, -0.25) is 4.79 Å². The van der Waals surface area contributed by atoms with Gasteiger partial charge < -0.3 is 10.1 Å². The van der Waals surface area contributed by atoms with Gasteiger partial charge in [0.15, 0.2) is 5.69 Å². The van der Waals surface area contributed by atoms with Crippen molar-refractivity contribution >= 4 is 45.2 Å². The first kappa shape index (κ1) is 25.4. The van der Waals surface area contributed by atoms with Crippen LogP contribution in [0.2, 0.25) is 10.0 Å². The third-order valence-electron chi connectivity index (χ3n) is 6.13. The van der Waals surface area contributed by atoms with E-state index in [4.69, 9.17) is 27.9 Å². The smallest absolute Gasteiger partial charge is 0.316 e. The molecule has 0 spiro atoms. The average molecular weight is 556 g/mol. The van der Waals surface area contributed by atoms with Crippen molar-refractivity contribution in [2.45, 2.75) is 36.0 Å². The van der Waals surface area contributed by atoms with Crippen molar-refractivity contribution in [2.75, 3.05) is 19.0 Å². The Kier molecular flexibility index (Phi) is 5.18. The van der Waals surface area contributed by atoms with Crippen LogP contribution >= 0.6 is 33.4 Å². The number of ether oxygens (including phenoxy) is 1. The van der Waals surface area contributed by atoms with Crippen molar-refractivity contribution in [1.82, 2.24) is 9.78 Å². The van der Waals surface area contributed by atoms with Crippen LogP contribution in [0.15, 0.2) is 17.0 Å². The first-order chi connectivity index (χ1) is 16.0. The van der Waals surface area contributed by atoms with Gasteiger partial charge in [-0.15, -0.1) is 0 Å². The zero-order valence-corrected chi connectivity index (χ0v) is 20.2. The second-order valence-corrected chi connectivity index (χ2v) is 11.8. The molecule has 2 fully saturated rings. The topological polar surface area (TPSA) is 104 Å². The lowest BCUT2D eigenvalue weighted by atomic mass is 9.95. The van der Waals surface area contributed by atoms with Crippen LogP contribution in [0, 0.1) is 28.1 Å². The highest BCUT2D eigenvalue weighted by Gasteiger charge is 2.66. The summed E-state index contributed by atoms with van der Waals surface area (Å²) in [5.74, 6) is -0.679. The highest BCUT2D eigenvalue weighted by Crippen LogP contribution is 3.02. The van der Waals surface area contributed by atoms with Crippen molar-refractivity contribution in [2.24, 2.45) is 5.41 Å². The fourth-order valence-corrected chi connectivity index (χ4v) is 5.31. The molecular formula is C20H16Cl2F5N5O2S. The van der Waals surface area contributed by atoms with E-state index < -0.39 is 47.7 Å². The van der Waals surface area contributed by atoms with Crippen LogP contribution in [0.4, 0.5) is 25.2 Å². The van der Waals surface area contributed by atoms with E-state index in [0.29, 0.717) is 25.7 Å². The van der Waals surface area contributed by atoms with E-state index in [2.05, 4.69) is 16.5 Å². The number of rotatable bonds is 7. The number of methoxy groups -OCH3 is 1. The maximum atomic E-state index is 13.4. The van der Waals surface area contributed by atoms with Gasteiger partial charge in [0.05, 0.1) is 39.6 Å². The standard InChI is InChI=1S/C20H16Cl2F5N5O2S/c1-34-18(33)20(4-5-20)15-14(8-28)31-32(17(15)30-10-19(9-29)2-3-19)16-12(21)6-11(7-13(16)22)35(23,24,25,26)27/h6-7,30H,2-5,10H2,1H3. The molecule has 0 atom stereocenters. The van der Waals surface area contributed by atoms with Gasteiger partial charge in [0, 0.05) is 6.54 Å². The molecule has 2 aromatic rings. The fourth-order valence-electron chi connectivity index (χ4n) is 3.85. The lowest BCUT2D eigenvalue weighted by Gasteiger charge is -2.40. The minimum Gasteiger partial charge on any atom is -0.468 e. The molecule has 1 heterocycles. The first-order valence-electron chi connectivity index (χ1n) is 10.0. The van der Waals surface area contributed by atoms with E-state index >= 15 is 0 Å². The van der Waals surface area contributed by atoms with Crippen LogP contribution in [-0.2, 0) is 14.9 Å². The highest BCUT2D eigenvalue weighted by atomic mass is 35.5. The Balaban J connectivity index is 1.95. The van der Waals surface area contributed by atoms with Crippen LogP contribution in [0.1, 0.15) is 36.9 Å². The molecule has 2 aliphatic rings. The summed E-state index contributed by atoms with van der Waals surface area (Å²) >= 11 is 12.0. The summed E-state index contributed by atoms with van der Waals surface area (Å²) in [4.78, 5) is 10.3. The predicted octanol–water partition coefficient (Wildman–Crippen LogP) is 6.63. The monoisotopic (exact) mass is 555 g/mol. The number of esters is 1. The van der Waals surface area contributed by atoms with Crippen molar-refractivity contribution in [1.29, 1.82) is 10.5 Å². The zero-order valence-electron chi connectivity index (χ0n) is 17.8. The van der Waals surface area contributed by atoms with Gasteiger partial charge in [-0.25, -0.2) is 4.68 Å². The first-order valence-corrected chi connectivity index (χ1v) is 12.7. The molecule has 0 bridgehead atoms. The van der Waals surface area contributed by atoms with E-state index in [9.17, 15) is 34.7 Å². The summed E-state index contributed by atoms with van der Waals surface area (Å²) < 4.78 is 72.6. The summed E-state index contributed by atoms with van der Waals surface area (Å²) in [6.45, 7) is 0.0586. The van der Waals surface area contributed by atoms with Crippen molar-refractivity contribution in [3.05, 3.63) is 33.4 Å². The summed E-state index contributed by atoms with van der Waals surface area (Å²) in [6, 6.07) is 4.07. The number of carbonyl (C=O) groups is 1. The van der Waals surface area contributed by atoms with Gasteiger partial charge in [0.1, 0.15) is 22.5 Å². The lowest BCUT2D eigenvalue weighted by molar-refractivity contribution is -0.143. The fraction of sp³-hybridized carbons (Fsp3) is 0.400. The number of carbonyl (C=O) groups excluding carboxylic acids is 1. The number of halogens is 7. The van der Waals surface area contributed by atoms with Gasteiger partial charge in [-0.2, -0.15) is 15.6 Å². The quantitative estimate of drug-likeness (QED) is 0.304. The molecule has 0 saturated heterocycles. The summed E-state index contributed by atoms with van der Waals surface area (Å²) in [5.41, 5.74) is -2.55. The molecule has 188 valence electrons. The van der Waals surface area contributed by atoms with Crippen molar-refractivity contribution < 1.29 is 29.0 Å². The molecule has 1 aromatic heterocycles. The van der Waals surface area contributed by atoms with Gasteiger partial charge in [-0.1, -0.05) is 42.6 Å². The molecule has 0 unspecified atom stereocenters. The Labute approximate surface area is 206 Å². The zero-order chi connectivity index (χ0) is 26.1. The van der Waals surface area contributed by atoms with Gasteiger partial charge >= 0.3 is 16.2 Å². The van der Waals surface area contributed by atoms with Gasteiger partial charge in [0.25, 0.3) is 0 Å². The van der Waals surface area contributed by atoms with Gasteiger partial charge in [-0.05, 0) is 37.8 Å². The van der Waals surface area contributed by atoms with E-state index in [1.54, 1.807) is 0 Å². The molecule has 0 amide bonds. The van der Waals surface area contributed by atoms with Crippen LogP contribution in [-0.4, -0.2) is 29.4 Å². The van der Waals surface area contributed by atoms with Crippen molar-refractivity contribution in [3.8, 4) is 17.8 Å². The van der Waals surface area contributed by atoms with Gasteiger partial charge in [0.2, 0.25) is 0 Å². The highest BCUT2D eigenvalue weighted by molar-refractivity contribution is 8.45. The number of nitrogens with one attached hydrogen (secondary N) is 1. The van der Waals surface area contributed by atoms with Crippen molar-refractivity contribution in [3.63, 3.8) is 0 Å². The Morgan fingerprint density at radius 2 is 1.74 bits per heavy atom. The average Bonchev–Trinajstić information content (AvgIpc) is 3.68. The third kappa shape index (κ3) is 4.37. The Morgan fingerprint density at radius 3 is 2.14 bits per heavy atom. The molecule has 4 rings (SSSR count). The number of benzene rings is 1. The predicted molar refractivity (Wildman–Crippen MR) is 118 cm³/mol. The lowest BCUT2D eigenvalue weighted by Crippen LogP contribution is -2.25. The largest absolute Gasteiger partial charge is 0.468 e. The normalized spacial score (nSPS) is 19.5. The van der Waals surface area contributed by atoms with E-state index in [-0.39, 0.29) is 35.8 Å². The summed E-state index contributed by atoms with van der Waals surface area (Å²) in [6.07, 6.45) is 1.74. The van der Waals surface area contributed by atoms with Crippen LogP contribution in [0.25, 0.3) is 5.69 Å². The molecule has 2 aliphatic carbocycles. The Hall–Kier alpha value is -2.74. The summed E-state index contributed by atoms with van der Waals surface area (Å²) in [7, 11) is -8.95. The summed E-state index contributed by atoms with van der Waals surface area (Å²) in [5, 5.41) is 24.6. The van der Waals surface area contributed by atoms with Crippen LogP contribution in [0.3, 0.4) is 0 Å². The number of aromatic nitrogens is 2. The number of nitrogens with zero attached hydrogens (tertiary/aromatic N) is 4. The van der Waals surface area contributed by atoms with E-state index in [1.165, 1.54) is 0 Å².